The number of nitrogens with one attached hydrogen (secondary N) is 1. The van der Waals surface area contributed by atoms with Crippen molar-refractivity contribution in [2.24, 2.45) is 0 Å². The van der Waals surface area contributed by atoms with E-state index in [0.717, 1.165) is 5.56 Å². The number of nitrogens with zero attached hydrogens (tertiary/aromatic N) is 3. The number of hydrogen-bond acceptors (Lipinski definition) is 3. The quantitative estimate of drug-likeness (QED) is 0.453. The maximum atomic E-state index is 13.0. The number of carbonyl (C=O) groups is 1. The van der Waals surface area contributed by atoms with E-state index < -0.39 is 6.10 Å². The number of aromatic nitrogens is 2. The van der Waals surface area contributed by atoms with Crippen LogP contribution in [0.1, 0.15) is 33.4 Å². The number of hydrogen-bond donors (Lipinski definition) is 2. The summed E-state index contributed by atoms with van der Waals surface area (Å²) in [5, 5.41) is 18.0. The van der Waals surface area contributed by atoms with Crippen molar-refractivity contribution in [1.29, 1.82) is 0 Å². The fourth-order valence-corrected chi connectivity index (χ4v) is 3.36. The van der Waals surface area contributed by atoms with E-state index >= 15 is 0 Å². The Bertz CT molecular complexity index is 1270. The van der Waals surface area contributed by atoms with Gasteiger partial charge in [0.15, 0.2) is 5.69 Å². The van der Waals surface area contributed by atoms with Crippen LogP contribution in [0.5, 0.6) is 0 Å². The maximum absolute atomic E-state index is 13.0. The van der Waals surface area contributed by atoms with Crippen molar-refractivity contribution < 1.29 is 9.90 Å². The van der Waals surface area contributed by atoms with E-state index in [-0.39, 0.29) is 5.91 Å². The molecule has 0 saturated heterocycles. The maximum Gasteiger partial charge on any atom is 0.274 e. The SMILES string of the molecule is [C-]#[N+]c1cccc(-n2nc(C)cc2C(=O)Nc2cccc(C(O)c3ccccc3)c2)c1. The van der Waals surface area contributed by atoms with Gasteiger partial charge in [-0.25, -0.2) is 9.53 Å². The van der Waals surface area contributed by atoms with Gasteiger partial charge in [0.25, 0.3) is 5.91 Å². The molecule has 2 N–H and O–H groups in total. The van der Waals surface area contributed by atoms with Gasteiger partial charge >= 0.3 is 0 Å². The predicted octanol–water partition coefficient (Wildman–Crippen LogP) is 5.07. The van der Waals surface area contributed by atoms with E-state index in [1.165, 1.54) is 4.68 Å². The summed E-state index contributed by atoms with van der Waals surface area (Å²) >= 11 is 0. The van der Waals surface area contributed by atoms with Crippen molar-refractivity contribution in [3.05, 3.63) is 119 Å². The molecule has 0 aliphatic heterocycles. The summed E-state index contributed by atoms with van der Waals surface area (Å²) < 4.78 is 1.53. The highest BCUT2D eigenvalue weighted by Gasteiger charge is 2.17. The van der Waals surface area contributed by atoms with E-state index in [0.29, 0.717) is 34.0 Å². The molecule has 6 nitrogen and oxygen atoms in total. The lowest BCUT2D eigenvalue weighted by Gasteiger charge is -2.13. The van der Waals surface area contributed by atoms with Gasteiger partial charge in [0.05, 0.1) is 18.0 Å². The Labute approximate surface area is 180 Å². The van der Waals surface area contributed by atoms with Gasteiger partial charge in [0, 0.05) is 5.69 Å². The third kappa shape index (κ3) is 4.37. The average Bonchev–Trinajstić information content (AvgIpc) is 3.21. The first-order valence-corrected chi connectivity index (χ1v) is 9.74. The predicted molar refractivity (Wildman–Crippen MR) is 119 cm³/mol. The zero-order valence-corrected chi connectivity index (χ0v) is 16.9. The Hall–Kier alpha value is -4.21. The lowest BCUT2D eigenvalue weighted by Crippen LogP contribution is -2.17. The zero-order chi connectivity index (χ0) is 21.8. The lowest BCUT2D eigenvalue weighted by molar-refractivity contribution is 0.101. The van der Waals surface area contributed by atoms with Crippen LogP contribution in [0.4, 0.5) is 11.4 Å². The monoisotopic (exact) mass is 408 g/mol. The third-order valence-electron chi connectivity index (χ3n) is 4.84. The molecule has 0 fully saturated rings. The Morgan fingerprint density at radius 1 is 1.00 bits per heavy atom. The fraction of sp³-hybridized carbons (Fsp3) is 0.0800. The van der Waals surface area contributed by atoms with E-state index in [4.69, 9.17) is 6.57 Å². The second kappa shape index (κ2) is 8.66. The van der Waals surface area contributed by atoms with Crippen LogP contribution in [-0.4, -0.2) is 20.8 Å². The molecule has 1 amide bonds. The van der Waals surface area contributed by atoms with Gasteiger partial charge in [-0.3, -0.25) is 4.79 Å². The van der Waals surface area contributed by atoms with Crippen LogP contribution in [0.25, 0.3) is 10.5 Å². The molecule has 1 atom stereocenters. The molecular weight excluding hydrogens is 388 g/mol. The summed E-state index contributed by atoms with van der Waals surface area (Å²) in [6.07, 6.45) is -0.790. The standard InChI is InChI=1S/C25H20N4O2/c1-17-14-23(29(28-17)22-13-7-11-20(16-22)26-2)25(31)27-21-12-6-10-19(15-21)24(30)18-8-4-3-5-9-18/h3-16,24,30H,1H3,(H,27,31). The molecule has 31 heavy (non-hydrogen) atoms. The summed E-state index contributed by atoms with van der Waals surface area (Å²) in [5.41, 5.74) is 4.18. The Kier molecular flexibility index (Phi) is 5.61. The minimum absolute atomic E-state index is 0.333. The summed E-state index contributed by atoms with van der Waals surface area (Å²) in [5.74, 6) is -0.333. The molecule has 1 heterocycles. The molecule has 1 unspecified atom stereocenters. The molecule has 4 aromatic rings. The molecule has 0 aliphatic carbocycles. The fourth-order valence-electron chi connectivity index (χ4n) is 3.36. The van der Waals surface area contributed by atoms with Crippen LogP contribution in [0.3, 0.4) is 0 Å². The second-order valence-electron chi connectivity index (χ2n) is 7.11. The topological polar surface area (TPSA) is 71.5 Å². The summed E-state index contributed by atoms with van der Waals surface area (Å²) in [4.78, 5) is 16.5. The number of anilines is 1. The second-order valence-corrected chi connectivity index (χ2v) is 7.11. The van der Waals surface area contributed by atoms with Crippen LogP contribution in [0.15, 0.2) is 84.9 Å². The normalized spacial score (nSPS) is 11.5. The molecule has 0 spiro atoms. The summed E-state index contributed by atoms with van der Waals surface area (Å²) in [6.45, 7) is 9.02. The first-order chi connectivity index (χ1) is 15.0. The van der Waals surface area contributed by atoms with Crippen molar-refractivity contribution in [3.63, 3.8) is 0 Å². The van der Waals surface area contributed by atoms with E-state index in [2.05, 4.69) is 15.3 Å². The molecule has 0 aliphatic rings. The van der Waals surface area contributed by atoms with Crippen LogP contribution >= 0.6 is 0 Å². The minimum atomic E-state index is -0.790. The summed E-state index contributed by atoms with van der Waals surface area (Å²) in [7, 11) is 0. The molecule has 6 heteroatoms. The molecule has 4 rings (SSSR count). The molecule has 1 aromatic heterocycles. The smallest absolute Gasteiger partial charge is 0.274 e. The number of amides is 1. The van der Waals surface area contributed by atoms with Gasteiger partial charge in [0.2, 0.25) is 0 Å². The zero-order valence-electron chi connectivity index (χ0n) is 16.9. The number of aliphatic hydroxyl groups is 1. The summed E-state index contributed by atoms with van der Waals surface area (Å²) in [6, 6.07) is 25.1. The Morgan fingerprint density at radius 3 is 2.52 bits per heavy atom. The molecule has 0 saturated carbocycles. The minimum Gasteiger partial charge on any atom is -0.384 e. The number of rotatable bonds is 5. The van der Waals surface area contributed by atoms with E-state index in [1.54, 1.807) is 48.5 Å². The van der Waals surface area contributed by atoms with Crippen LogP contribution in [-0.2, 0) is 0 Å². The number of carbonyl (C=O) groups excluding carboxylic acids is 1. The van der Waals surface area contributed by atoms with Gasteiger partial charge < -0.3 is 10.4 Å². The highest BCUT2D eigenvalue weighted by Crippen LogP contribution is 2.25. The van der Waals surface area contributed by atoms with Gasteiger partial charge in [0.1, 0.15) is 11.8 Å². The molecule has 152 valence electrons. The van der Waals surface area contributed by atoms with E-state index in [1.807, 2.05) is 43.3 Å². The Morgan fingerprint density at radius 2 is 1.74 bits per heavy atom. The van der Waals surface area contributed by atoms with Gasteiger partial charge in [-0.05, 0) is 48.4 Å². The molecule has 0 bridgehead atoms. The van der Waals surface area contributed by atoms with Gasteiger partial charge in [-0.2, -0.15) is 5.10 Å². The van der Waals surface area contributed by atoms with E-state index in [9.17, 15) is 9.90 Å². The van der Waals surface area contributed by atoms with Crippen LogP contribution < -0.4 is 5.32 Å². The number of benzene rings is 3. The Balaban J connectivity index is 1.61. The van der Waals surface area contributed by atoms with Crippen molar-refractivity contribution in [1.82, 2.24) is 9.78 Å². The molecule has 0 radical (unpaired) electrons. The van der Waals surface area contributed by atoms with Crippen molar-refractivity contribution in [3.8, 4) is 5.69 Å². The molecular formula is C25H20N4O2. The third-order valence-corrected chi connectivity index (χ3v) is 4.84. The van der Waals surface area contributed by atoms with Gasteiger partial charge in [-0.15, -0.1) is 0 Å². The molecule has 3 aromatic carbocycles. The largest absolute Gasteiger partial charge is 0.384 e. The van der Waals surface area contributed by atoms with Gasteiger partial charge in [-0.1, -0.05) is 54.6 Å². The number of aryl methyl sites for hydroxylation is 1. The first kappa shape index (κ1) is 20.1. The van der Waals surface area contributed by atoms with Crippen molar-refractivity contribution >= 4 is 17.3 Å². The highest BCUT2D eigenvalue weighted by molar-refractivity contribution is 6.03. The van der Waals surface area contributed by atoms with Crippen molar-refractivity contribution in [2.45, 2.75) is 13.0 Å². The van der Waals surface area contributed by atoms with Crippen LogP contribution in [0, 0.1) is 13.5 Å². The lowest BCUT2D eigenvalue weighted by atomic mass is 10.0. The highest BCUT2D eigenvalue weighted by atomic mass is 16.3. The average molecular weight is 408 g/mol. The first-order valence-electron chi connectivity index (χ1n) is 9.74. The number of aliphatic hydroxyl groups excluding tert-OH is 1. The van der Waals surface area contributed by atoms with Crippen molar-refractivity contribution in [2.75, 3.05) is 5.32 Å². The van der Waals surface area contributed by atoms with Crippen LogP contribution in [0.2, 0.25) is 0 Å².